The Bertz CT molecular complexity index is 748. The zero-order valence-electron chi connectivity index (χ0n) is 14.0. The van der Waals surface area contributed by atoms with Gasteiger partial charge in [0.15, 0.2) is 12.1 Å². The van der Waals surface area contributed by atoms with Gasteiger partial charge in [-0.25, -0.2) is 9.97 Å². The Balaban J connectivity index is 1.55. The van der Waals surface area contributed by atoms with Crippen LogP contribution < -0.4 is 10.1 Å². The third-order valence-corrected chi connectivity index (χ3v) is 4.99. The molecule has 0 spiro atoms. The lowest BCUT2D eigenvalue weighted by molar-refractivity contribution is 0.0234. The molecule has 1 unspecified atom stereocenters. The fourth-order valence-corrected chi connectivity index (χ4v) is 3.34. The number of pyridine rings is 1. The Hall–Kier alpha value is -2.41. The van der Waals surface area contributed by atoms with Gasteiger partial charge in [0.1, 0.15) is 5.76 Å². The van der Waals surface area contributed by atoms with E-state index in [1.54, 1.807) is 19.4 Å². The molecule has 7 heteroatoms. The smallest absolute Gasteiger partial charge is 0.274 e. The second-order valence-corrected chi connectivity index (χ2v) is 6.81. The number of rotatable bonds is 6. The highest BCUT2D eigenvalue weighted by Gasteiger charge is 2.38. The fourth-order valence-electron chi connectivity index (χ4n) is 3.34. The van der Waals surface area contributed by atoms with Crippen molar-refractivity contribution in [3.8, 4) is 5.88 Å². The molecule has 2 N–H and O–H groups in total. The van der Waals surface area contributed by atoms with Gasteiger partial charge in [-0.15, -0.1) is 0 Å². The fraction of sp³-hybridized carbons (Fsp3) is 0.500. The van der Waals surface area contributed by atoms with Gasteiger partial charge in [-0.2, -0.15) is 0 Å². The molecule has 4 rings (SSSR count). The second kappa shape index (κ2) is 6.48. The van der Waals surface area contributed by atoms with E-state index in [0.29, 0.717) is 36.1 Å². The molecule has 0 saturated heterocycles. The number of methoxy groups -OCH3 is 1. The topological polar surface area (TPSA) is 97.5 Å². The normalized spacial score (nSPS) is 23.6. The van der Waals surface area contributed by atoms with Crippen LogP contribution >= 0.6 is 0 Å². The van der Waals surface area contributed by atoms with Crippen molar-refractivity contribution in [2.45, 2.75) is 43.7 Å². The molecular formula is C18H21N3O4. The quantitative estimate of drug-likeness (QED) is 0.834. The zero-order chi connectivity index (χ0) is 17.4. The van der Waals surface area contributed by atoms with Gasteiger partial charge in [-0.1, -0.05) is 6.07 Å². The summed E-state index contributed by atoms with van der Waals surface area (Å²) in [5.74, 6) is 1.45. The number of hydrogen-bond donors (Lipinski definition) is 2. The molecule has 2 aromatic rings. The summed E-state index contributed by atoms with van der Waals surface area (Å²) in [4.78, 5) is 21.1. The molecule has 0 radical (unpaired) electrons. The summed E-state index contributed by atoms with van der Waals surface area (Å²) >= 11 is 0. The molecule has 2 fully saturated rings. The molecule has 0 bridgehead atoms. The number of ether oxygens (including phenoxy) is 1. The average molecular weight is 343 g/mol. The molecule has 0 aliphatic heterocycles. The van der Waals surface area contributed by atoms with Crippen molar-refractivity contribution >= 4 is 5.91 Å². The molecule has 7 nitrogen and oxygen atoms in total. The van der Waals surface area contributed by atoms with Crippen molar-refractivity contribution in [3.05, 3.63) is 41.7 Å². The summed E-state index contributed by atoms with van der Waals surface area (Å²) < 4.78 is 10.5. The van der Waals surface area contributed by atoms with Crippen LogP contribution in [0.5, 0.6) is 5.88 Å². The highest BCUT2D eigenvalue weighted by molar-refractivity contribution is 5.93. The monoisotopic (exact) mass is 343 g/mol. The summed E-state index contributed by atoms with van der Waals surface area (Å²) in [7, 11) is 1.56. The first-order valence-electron chi connectivity index (χ1n) is 8.58. The third-order valence-electron chi connectivity index (χ3n) is 4.99. The maximum absolute atomic E-state index is 12.8. The molecule has 2 aromatic heterocycles. The molecule has 2 aliphatic carbocycles. The van der Waals surface area contributed by atoms with E-state index in [-0.39, 0.29) is 24.0 Å². The van der Waals surface area contributed by atoms with Crippen LogP contribution in [0.15, 0.2) is 29.1 Å². The van der Waals surface area contributed by atoms with E-state index < -0.39 is 0 Å². The van der Waals surface area contributed by atoms with Gasteiger partial charge in [0.05, 0.1) is 19.3 Å². The van der Waals surface area contributed by atoms with Crippen molar-refractivity contribution in [1.29, 1.82) is 0 Å². The zero-order valence-corrected chi connectivity index (χ0v) is 14.0. The van der Waals surface area contributed by atoms with Crippen LogP contribution in [-0.2, 0) is 0 Å². The van der Waals surface area contributed by atoms with Crippen LogP contribution in [0.2, 0.25) is 0 Å². The van der Waals surface area contributed by atoms with Gasteiger partial charge in [-0.3, -0.25) is 4.79 Å². The van der Waals surface area contributed by atoms with Gasteiger partial charge < -0.3 is 19.6 Å². The number of aromatic nitrogens is 2. The molecule has 25 heavy (non-hydrogen) atoms. The van der Waals surface area contributed by atoms with Crippen LogP contribution in [0, 0.1) is 5.92 Å². The van der Waals surface area contributed by atoms with Crippen LogP contribution in [0.3, 0.4) is 0 Å². The molecule has 2 saturated carbocycles. The number of amides is 1. The molecule has 1 atom stereocenters. The molecule has 2 aliphatic rings. The van der Waals surface area contributed by atoms with E-state index in [1.807, 2.05) is 6.07 Å². The number of aliphatic hydroxyl groups excluding tert-OH is 1. The van der Waals surface area contributed by atoms with E-state index in [0.717, 1.165) is 18.4 Å². The first kappa shape index (κ1) is 16.1. The molecule has 1 amide bonds. The minimum atomic E-state index is -0.301. The van der Waals surface area contributed by atoms with Crippen molar-refractivity contribution < 1.29 is 19.1 Å². The summed E-state index contributed by atoms with van der Waals surface area (Å²) in [5, 5.41) is 12.7. The minimum Gasteiger partial charge on any atom is -0.481 e. The SMILES string of the molecule is COc1ccc(C(NC(=O)c2ncoc2C2CC2)C2CC(O)C2)cn1. The van der Waals surface area contributed by atoms with Gasteiger partial charge in [0.25, 0.3) is 5.91 Å². The Morgan fingerprint density at radius 3 is 2.76 bits per heavy atom. The number of oxazole rings is 1. The maximum Gasteiger partial charge on any atom is 0.274 e. The van der Waals surface area contributed by atoms with E-state index in [2.05, 4.69) is 15.3 Å². The van der Waals surface area contributed by atoms with Crippen molar-refractivity contribution in [1.82, 2.24) is 15.3 Å². The van der Waals surface area contributed by atoms with Crippen LogP contribution in [0.4, 0.5) is 0 Å². The largest absolute Gasteiger partial charge is 0.481 e. The van der Waals surface area contributed by atoms with Gasteiger partial charge in [0.2, 0.25) is 5.88 Å². The third kappa shape index (κ3) is 3.24. The number of aliphatic hydroxyl groups is 1. The standard InChI is InChI=1S/C18H21N3O4/c1-24-14-5-4-11(8-19-14)15(12-6-13(22)7-12)21-18(23)16-17(10-2-3-10)25-9-20-16/h4-5,8-10,12-13,15,22H,2-3,6-7H2,1H3,(H,21,23). The van der Waals surface area contributed by atoms with Crippen molar-refractivity contribution in [3.63, 3.8) is 0 Å². The summed E-state index contributed by atoms with van der Waals surface area (Å²) in [6.07, 6.45) is 6.13. The lowest BCUT2D eigenvalue weighted by atomic mass is 9.75. The number of nitrogens with zero attached hydrogens (tertiary/aromatic N) is 2. The van der Waals surface area contributed by atoms with E-state index in [4.69, 9.17) is 9.15 Å². The summed E-state index contributed by atoms with van der Waals surface area (Å²) in [6.45, 7) is 0. The number of nitrogens with one attached hydrogen (secondary N) is 1. The Labute approximate surface area is 145 Å². The molecule has 132 valence electrons. The number of hydrogen-bond acceptors (Lipinski definition) is 6. The van der Waals surface area contributed by atoms with E-state index in [1.165, 1.54) is 6.39 Å². The Morgan fingerprint density at radius 2 is 2.16 bits per heavy atom. The first-order chi connectivity index (χ1) is 12.2. The number of carbonyl (C=O) groups excluding carboxylic acids is 1. The maximum atomic E-state index is 12.8. The van der Waals surface area contributed by atoms with Crippen LogP contribution in [0.25, 0.3) is 0 Å². The molecule has 0 aromatic carbocycles. The summed E-state index contributed by atoms with van der Waals surface area (Å²) in [6, 6.07) is 3.44. The van der Waals surface area contributed by atoms with Gasteiger partial charge >= 0.3 is 0 Å². The lowest BCUT2D eigenvalue weighted by Crippen LogP contribution is -2.41. The van der Waals surface area contributed by atoms with E-state index in [9.17, 15) is 9.90 Å². The highest BCUT2D eigenvalue weighted by Crippen LogP contribution is 2.42. The van der Waals surface area contributed by atoms with Gasteiger partial charge in [0, 0.05) is 18.2 Å². The lowest BCUT2D eigenvalue weighted by Gasteiger charge is -2.38. The van der Waals surface area contributed by atoms with Gasteiger partial charge in [-0.05, 0) is 37.2 Å². The van der Waals surface area contributed by atoms with Crippen LogP contribution in [-0.4, -0.2) is 34.2 Å². The summed E-state index contributed by atoms with van der Waals surface area (Å²) in [5.41, 5.74) is 1.26. The van der Waals surface area contributed by atoms with Crippen molar-refractivity contribution in [2.24, 2.45) is 5.92 Å². The number of carbonyl (C=O) groups is 1. The predicted octanol–water partition coefficient (Wildman–Crippen LogP) is 2.20. The molecule has 2 heterocycles. The average Bonchev–Trinajstić information content (AvgIpc) is 3.33. The molecular weight excluding hydrogens is 322 g/mol. The predicted molar refractivity (Wildman–Crippen MR) is 88.2 cm³/mol. The first-order valence-corrected chi connectivity index (χ1v) is 8.58. The Morgan fingerprint density at radius 1 is 1.36 bits per heavy atom. The van der Waals surface area contributed by atoms with Crippen molar-refractivity contribution in [2.75, 3.05) is 7.11 Å². The van der Waals surface area contributed by atoms with Crippen LogP contribution in [0.1, 0.15) is 59.5 Å². The van der Waals surface area contributed by atoms with E-state index >= 15 is 0 Å². The highest BCUT2D eigenvalue weighted by atomic mass is 16.5. The second-order valence-electron chi connectivity index (χ2n) is 6.81. The Kier molecular flexibility index (Phi) is 4.17. The minimum absolute atomic E-state index is 0.172.